The minimum Gasteiger partial charge on any atom is -0.389 e. The SMILES string of the molecule is CC(O)c1cc(I)cnc1Cl. The van der Waals surface area contributed by atoms with E-state index >= 15 is 0 Å². The highest BCUT2D eigenvalue weighted by atomic mass is 127. The van der Waals surface area contributed by atoms with Crippen molar-refractivity contribution < 1.29 is 5.11 Å². The number of rotatable bonds is 1. The Morgan fingerprint density at radius 1 is 1.73 bits per heavy atom. The number of aliphatic hydroxyl groups is 1. The van der Waals surface area contributed by atoms with Gasteiger partial charge in [-0.3, -0.25) is 0 Å². The summed E-state index contributed by atoms with van der Waals surface area (Å²) in [5, 5.41) is 9.58. The molecule has 0 saturated heterocycles. The van der Waals surface area contributed by atoms with Gasteiger partial charge in [-0.15, -0.1) is 0 Å². The van der Waals surface area contributed by atoms with Gasteiger partial charge in [0.2, 0.25) is 0 Å². The van der Waals surface area contributed by atoms with Crippen LogP contribution in [0.2, 0.25) is 5.15 Å². The Morgan fingerprint density at radius 3 is 2.82 bits per heavy atom. The van der Waals surface area contributed by atoms with Gasteiger partial charge in [-0.25, -0.2) is 4.98 Å². The molecule has 0 bridgehead atoms. The molecule has 4 heteroatoms. The molecule has 1 rings (SSSR count). The molecular formula is C7H7ClINO. The van der Waals surface area contributed by atoms with Crippen LogP contribution in [-0.2, 0) is 0 Å². The Kier molecular flexibility index (Phi) is 3.09. The maximum atomic E-state index is 9.20. The number of hydrogen-bond acceptors (Lipinski definition) is 2. The molecule has 11 heavy (non-hydrogen) atoms. The molecule has 0 fully saturated rings. The van der Waals surface area contributed by atoms with Crippen LogP contribution >= 0.6 is 34.2 Å². The number of nitrogens with zero attached hydrogens (tertiary/aromatic N) is 1. The highest BCUT2D eigenvalue weighted by molar-refractivity contribution is 14.1. The Labute approximate surface area is 83.7 Å². The zero-order chi connectivity index (χ0) is 8.43. The van der Waals surface area contributed by atoms with E-state index in [2.05, 4.69) is 27.6 Å². The first-order valence-electron chi connectivity index (χ1n) is 3.10. The van der Waals surface area contributed by atoms with Crippen molar-refractivity contribution in [1.82, 2.24) is 4.98 Å². The lowest BCUT2D eigenvalue weighted by atomic mass is 10.2. The number of aromatic nitrogens is 1. The van der Waals surface area contributed by atoms with Gasteiger partial charge in [-0.1, -0.05) is 11.6 Å². The van der Waals surface area contributed by atoms with Crippen LogP contribution in [0, 0.1) is 3.57 Å². The predicted octanol–water partition coefficient (Wildman–Crippen LogP) is 2.39. The van der Waals surface area contributed by atoms with Gasteiger partial charge in [0.25, 0.3) is 0 Å². The van der Waals surface area contributed by atoms with E-state index in [1.807, 2.05) is 6.07 Å². The van der Waals surface area contributed by atoms with Crippen LogP contribution in [0.3, 0.4) is 0 Å². The first kappa shape index (κ1) is 9.22. The third-order valence-corrected chi connectivity index (χ3v) is 2.19. The van der Waals surface area contributed by atoms with Crippen molar-refractivity contribution in [3.63, 3.8) is 0 Å². The number of pyridine rings is 1. The van der Waals surface area contributed by atoms with E-state index in [0.29, 0.717) is 10.7 Å². The second kappa shape index (κ2) is 3.69. The molecule has 0 spiro atoms. The average molecular weight is 283 g/mol. The first-order valence-corrected chi connectivity index (χ1v) is 4.56. The zero-order valence-corrected chi connectivity index (χ0v) is 8.80. The molecule has 1 N–H and O–H groups in total. The van der Waals surface area contributed by atoms with Gasteiger partial charge in [-0.2, -0.15) is 0 Å². The van der Waals surface area contributed by atoms with E-state index in [1.54, 1.807) is 13.1 Å². The average Bonchev–Trinajstić information content (AvgIpc) is 1.94. The van der Waals surface area contributed by atoms with Gasteiger partial charge in [0, 0.05) is 15.3 Å². The summed E-state index contributed by atoms with van der Waals surface area (Å²) >= 11 is 7.84. The fourth-order valence-corrected chi connectivity index (χ4v) is 1.47. The summed E-state index contributed by atoms with van der Waals surface area (Å²) in [6, 6.07) is 1.82. The van der Waals surface area contributed by atoms with Gasteiger partial charge < -0.3 is 5.11 Å². The van der Waals surface area contributed by atoms with Gasteiger partial charge in [-0.05, 0) is 35.6 Å². The number of hydrogen-bond donors (Lipinski definition) is 1. The summed E-state index contributed by atoms with van der Waals surface area (Å²) in [4.78, 5) is 3.90. The summed E-state index contributed by atoms with van der Waals surface area (Å²) in [5.74, 6) is 0. The molecule has 0 aromatic carbocycles. The topological polar surface area (TPSA) is 33.1 Å². The summed E-state index contributed by atoms with van der Waals surface area (Å²) in [5.41, 5.74) is 0.679. The van der Waals surface area contributed by atoms with E-state index in [0.717, 1.165) is 3.57 Å². The Bertz CT molecular complexity index is 265. The summed E-state index contributed by atoms with van der Waals surface area (Å²) in [6.07, 6.45) is 1.11. The van der Waals surface area contributed by atoms with Gasteiger partial charge in [0.15, 0.2) is 0 Å². The van der Waals surface area contributed by atoms with Crippen LogP contribution in [0.25, 0.3) is 0 Å². The first-order chi connectivity index (χ1) is 5.11. The van der Waals surface area contributed by atoms with Crippen molar-refractivity contribution in [3.05, 3.63) is 26.5 Å². The Balaban J connectivity index is 3.13. The maximum Gasteiger partial charge on any atom is 0.134 e. The van der Waals surface area contributed by atoms with Crippen molar-refractivity contribution in [3.8, 4) is 0 Å². The molecule has 0 aliphatic heterocycles. The minimum atomic E-state index is -0.551. The molecule has 1 heterocycles. The highest BCUT2D eigenvalue weighted by Crippen LogP contribution is 2.21. The molecule has 0 aliphatic carbocycles. The fraction of sp³-hybridized carbons (Fsp3) is 0.286. The van der Waals surface area contributed by atoms with Crippen LogP contribution in [0.15, 0.2) is 12.3 Å². The van der Waals surface area contributed by atoms with Crippen LogP contribution in [-0.4, -0.2) is 10.1 Å². The molecule has 1 atom stereocenters. The molecule has 60 valence electrons. The summed E-state index contributed by atoms with van der Waals surface area (Å²) in [7, 11) is 0. The lowest BCUT2D eigenvalue weighted by Crippen LogP contribution is -1.94. The Hall–Kier alpha value is 0.130. The molecular weight excluding hydrogens is 276 g/mol. The third-order valence-electron chi connectivity index (χ3n) is 1.28. The van der Waals surface area contributed by atoms with Crippen molar-refractivity contribution in [2.24, 2.45) is 0 Å². The van der Waals surface area contributed by atoms with Crippen LogP contribution in [0.1, 0.15) is 18.6 Å². The minimum absolute atomic E-state index is 0.375. The van der Waals surface area contributed by atoms with Crippen molar-refractivity contribution in [2.45, 2.75) is 13.0 Å². The monoisotopic (exact) mass is 283 g/mol. The molecule has 0 saturated carbocycles. The molecule has 1 unspecified atom stereocenters. The summed E-state index contributed by atoms with van der Waals surface area (Å²) < 4.78 is 0.975. The number of aliphatic hydroxyl groups excluding tert-OH is 1. The Morgan fingerprint density at radius 2 is 2.36 bits per heavy atom. The maximum absolute atomic E-state index is 9.20. The highest BCUT2D eigenvalue weighted by Gasteiger charge is 2.07. The van der Waals surface area contributed by atoms with E-state index in [-0.39, 0.29) is 0 Å². The molecule has 0 amide bonds. The molecule has 1 aromatic heterocycles. The van der Waals surface area contributed by atoms with Crippen LogP contribution in [0.5, 0.6) is 0 Å². The molecule has 2 nitrogen and oxygen atoms in total. The largest absolute Gasteiger partial charge is 0.389 e. The van der Waals surface area contributed by atoms with E-state index < -0.39 is 6.10 Å². The zero-order valence-electron chi connectivity index (χ0n) is 5.88. The van der Waals surface area contributed by atoms with E-state index in [1.165, 1.54) is 0 Å². The van der Waals surface area contributed by atoms with E-state index in [9.17, 15) is 5.11 Å². The predicted molar refractivity (Wildman–Crippen MR) is 52.6 cm³/mol. The normalized spacial score (nSPS) is 13.1. The van der Waals surface area contributed by atoms with Crippen molar-refractivity contribution in [2.75, 3.05) is 0 Å². The third kappa shape index (κ3) is 2.28. The standard InChI is InChI=1S/C7H7ClINO/c1-4(11)6-2-5(9)3-10-7(6)8/h2-4,11H,1H3. The van der Waals surface area contributed by atoms with Gasteiger partial charge >= 0.3 is 0 Å². The van der Waals surface area contributed by atoms with E-state index in [4.69, 9.17) is 11.6 Å². The quantitative estimate of drug-likeness (QED) is 0.634. The second-order valence-electron chi connectivity index (χ2n) is 2.21. The van der Waals surface area contributed by atoms with Gasteiger partial charge in [0.05, 0.1) is 6.10 Å². The summed E-state index contributed by atoms with van der Waals surface area (Å²) in [6.45, 7) is 1.67. The number of halogens is 2. The molecule has 0 aliphatic rings. The van der Waals surface area contributed by atoms with Crippen LogP contribution in [0.4, 0.5) is 0 Å². The smallest absolute Gasteiger partial charge is 0.134 e. The fourth-order valence-electron chi connectivity index (χ4n) is 0.731. The van der Waals surface area contributed by atoms with Gasteiger partial charge in [0.1, 0.15) is 5.15 Å². The lowest BCUT2D eigenvalue weighted by molar-refractivity contribution is 0.199. The van der Waals surface area contributed by atoms with Crippen molar-refractivity contribution >= 4 is 34.2 Å². The lowest BCUT2D eigenvalue weighted by Gasteiger charge is -2.05. The molecule has 1 aromatic rings. The molecule has 0 radical (unpaired) electrons. The van der Waals surface area contributed by atoms with Crippen LogP contribution < -0.4 is 0 Å². The van der Waals surface area contributed by atoms with Crippen molar-refractivity contribution in [1.29, 1.82) is 0 Å². The second-order valence-corrected chi connectivity index (χ2v) is 3.81.